The zero-order chi connectivity index (χ0) is 13.4. The highest BCUT2D eigenvalue weighted by Gasteiger charge is 2.27. The van der Waals surface area contributed by atoms with E-state index in [1.807, 2.05) is 25.3 Å². The maximum atomic E-state index is 11.9. The van der Waals surface area contributed by atoms with E-state index in [-0.39, 0.29) is 17.8 Å². The quantitative estimate of drug-likeness (QED) is 0.809. The molecule has 0 saturated carbocycles. The lowest BCUT2D eigenvalue weighted by molar-refractivity contribution is -0.122. The van der Waals surface area contributed by atoms with Crippen molar-refractivity contribution in [1.29, 1.82) is 0 Å². The summed E-state index contributed by atoms with van der Waals surface area (Å²) in [6.45, 7) is 1.95. The van der Waals surface area contributed by atoms with Crippen molar-refractivity contribution < 1.29 is 9.59 Å². The summed E-state index contributed by atoms with van der Waals surface area (Å²) in [5.74, 6) is -0.131. The van der Waals surface area contributed by atoms with Crippen LogP contribution < -0.4 is 10.6 Å². The molecule has 1 aliphatic heterocycles. The zero-order valence-corrected chi connectivity index (χ0v) is 10.4. The number of aryl methyl sites for hydroxylation is 1. The molecule has 1 fully saturated rings. The Morgan fingerprint density at radius 1 is 1.53 bits per heavy atom. The highest BCUT2D eigenvalue weighted by Crippen LogP contribution is 2.10. The molecular weight excluding hydrogens is 246 g/mol. The van der Waals surface area contributed by atoms with E-state index in [1.165, 1.54) is 0 Å². The Balaban J connectivity index is 1.77. The largest absolute Gasteiger partial charge is 0.344 e. The third-order valence-electron chi connectivity index (χ3n) is 3.03. The highest BCUT2D eigenvalue weighted by molar-refractivity contribution is 5.98. The van der Waals surface area contributed by atoms with Gasteiger partial charge in [0.15, 0.2) is 5.65 Å². The third kappa shape index (κ3) is 2.26. The summed E-state index contributed by atoms with van der Waals surface area (Å²) in [6, 6.07) is 3.27. The number of rotatable bonds is 2. The van der Waals surface area contributed by atoms with Crippen LogP contribution in [0.5, 0.6) is 0 Å². The lowest BCUT2D eigenvalue weighted by atomic mass is 10.2. The standard InChI is InChI=1S/C12H13N5O2/c1-7-2-4-9-14-12(16-17(9)6-7)15-11(19)8-3-5-10(18)13-8/h2,4,6,8H,3,5H2,1H3,(H,13,18)(H,15,16,19). The van der Waals surface area contributed by atoms with Gasteiger partial charge >= 0.3 is 0 Å². The van der Waals surface area contributed by atoms with Crippen molar-refractivity contribution in [1.82, 2.24) is 19.9 Å². The van der Waals surface area contributed by atoms with Crippen molar-refractivity contribution in [3.8, 4) is 0 Å². The van der Waals surface area contributed by atoms with Crippen molar-refractivity contribution in [3.05, 3.63) is 23.9 Å². The van der Waals surface area contributed by atoms with Crippen LogP contribution in [0, 0.1) is 6.92 Å². The number of amides is 2. The molecule has 0 aromatic carbocycles. The number of hydrogen-bond donors (Lipinski definition) is 2. The SMILES string of the molecule is Cc1ccc2nc(NC(=O)C3CCC(=O)N3)nn2c1. The fourth-order valence-electron chi connectivity index (χ4n) is 2.05. The minimum absolute atomic E-state index is 0.0984. The van der Waals surface area contributed by atoms with Gasteiger partial charge in [-0.3, -0.25) is 14.9 Å². The van der Waals surface area contributed by atoms with E-state index in [4.69, 9.17) is 0 Å². The number of carbonyl (C=O) groups excluding carboxylic acids is 2. The molecule has 3 heterocycles. The van der Waals surface area contributed by atoms with Gasteiger partial charge in [0.2, 0.25) is 17.8 Å². The molecule has 98 valence electrons. The molecule has 7 nitrogen and oxygen atoms in total. The van der Waals surface area contributed by atoms with E-state index in [0.29, 0.717) is 18.5 Å². The first-order valence-electron chi connectivity index (χ1n) is 6.05. The van der Waals surface area contributed by atoms with Crippen LogP contribution in [0.25, 0.3) is 5.65 Å². The van der Waals surface area contributed by atoms with Crippen LogP contribution >= 0.6 is 0 Å². The smallest absolute Gasteiger partial charge is 0.249 e. The summed E-state index contributed by atoms with van der Waals surface area (Å²) < 4.78 is 1.61. The summed E-state index contributed by atoms with van der Waals surface area (Å²) in [6.07, 6.45) is 2.72. The van der Waals surface area contributed by atoms with Gasteiger partial charge in [-0.25, -0.2) is 4.52 Å². The highest BCUT2D eigenvalue weighted by atomic mass is 16.2. The number of hydrogen-bond acceptors (Lipinski definition) is 4. The Morgan fingerprint density at radius 3 is 3.11 bits per heavy atom. The second kappa shape index (κ2) is 4.34. The number of carbonyl (C=O) groups is 2. The van der Waals surface area contributed by atoms with Gasteiger partial charge < -0.3 is 5.32 Å². The maximum Gasteiger partial charge on any atom is 0.249 e. The molecule has 7 heteroatoms. The summed E-state index contributed by atoms with van der Waals surface area (Å²) in [4.78, 5) is 27.1. The molecule has 19 heavy (non-hydrogen) atoms. The first-order chi connectivity index (χ1) is 9.11. The number of pyridine rings is 1. The van der Waals surface area contributed by atoms with Crippen molar-refractivity contribution in [2.24, 2.45) is 0 Å². The van der Waals surface area contributed by atoms with Crippen LogP contribution in [0.15, 0.2) is 18.3 Å². The van der Waals surface area contributed by atoms with E-state index in [9.17, 15) is 9.59 Å². The molecule has 3 rings (SSSR count). The van der Waals surface area contributed by atoms with Gasteiger partial charge in [-0.1, -0.05) is 6.07 Å². The second-order valence-corrected chi connectivity index (χ2v) is 4.59. The number of aromatic nitrogens is 3. The molecule has 1 aliphatic rings. The van der Waals surface area contributed by atoms with Gasteiger partial charge in [0.05, 0.1) is 0 Å². The second-order valence-electron chi connectivity index (χ2n) is 4.59. The molecule has 0 bridgehead atoms. The number of nitrogens with zero attached hydrogens (tertiary/aromatic N) is 3. The Kier molecular flexibility index (Phi) is 2.66. The van der Waals surface area contributed by atoms with Crippen LogP contribution in [-0.2, 0) is 9.59 Å². The summed E-state index contributed by atoms with van der Waals surface area (Å²) in [5.41, 5.74) is 1.72. The Morgan fingerprint density at radius 2 is 2.37 bits per heavy atom. The molecule has 0 radical (unpaired) electrons. The Hall–Kier alpha value is -2.44. The topological polar surface area (TPSA) is 88.4 Å². The van der Waals surface area contributed by atoms with Gasteiger partial charge in [0, 0.05) is 12.6 Å². The predicted molar refractivity (Wildman–Crippen MR) is 67.5 cm³/mol. The third-order valence-corrected chi connectivity index (χ3v) is 3.03. The first-order valence-corrected chi connectivity index (χ1v) is 6.05. The van der Waals surface area contributed by atoms with Crippen LogP contribution in [0.1, 0.15) is 18.4 Å². The van der Waals surface area contributed by atoms with Crippen molar-refractivity contribution in [3.63, 3.8) is 0 Å². The zero-order valence-electron chi connectivity index (χ0n) is 10.4. The molecule has 2 amide bonds. The lowest BCUT2D eigenvalue weighted by Gasteiger charge is -2.07. The molecule has 1 saturated heterocycles. The van der Waals surface area contributed by atoms with Gasteiger partial charge in [-0.05, 0) is 25.0 Å². The molecule has 2 aromatic heterocycles. The predicted octanol–water partition coefficient (Wildman–Crippen LogP) is 0.255. The average Bonchev–Trinajstić information content (AvgIpc) is 2.94. The van der Waals surface area contributed by atoms with Gasteiger partial charge in [0.1, 0.15) is 6.04 Å². The van der Waals surface area contributed by atoms with Crippen LogP contribution in [0.4, 0.5) is 5.95 Å². The Labute approximate surface area is 109 Å². The van der Waals surface area contributed by atoms with Crippen molar-refractivity contribution in [2.45, 2.75) is 25.8 Å². The average molecular weight is 259 g/mol. The number of anilines is 1. The van der Waals surface area contributed by atoms with E-state index in [2.05, 4.69) is 20.7 Å². The number of nitrogens with one attached hydrogen (secondary N) is 2. The normalized spacial score (nSPS) is 18.6. The van der Waals surface area contributed by atoms with Gasteiger partial charge in [-0.2, -0.15) is 4.98 Å². The van der Waals surface area contributed by atoms with Gasteiger partial charge in [0.25, 0.3) is 0 Å². The fourth-order valence-corrected chi connectivity index (χ4v) is 2.05. The van der Waals surface area contributed by atoms with Crippen molar-refractivity contribution >= 4 is 23.4 Å². The van der Waals surface area contributed by atoms with Crippen LogP contribution in [0.2, 0.25) is 0 Å². The molecule has 0 spiro atoms. The number of fused-ring (bicyclic) bond motifs is 1. The van der Waals surface area contributed by atoms with E-state index >= 15 is 0 Å². The van der Waals surface area contributed by atoms with Gasteiger partial charge in [-0.15, -0.1) is 5.10 Å². The minimum atomic E-state index is -0.485. The maximum absolute atomic E-state index is 11.9. The summed E-state index contributed by atoms with van der Waals surface area (Å²) >= 11 is 0. The van der Waals surface area contributed by atoms with Crippen LogP contribution in [-0.4, -0.2) is 32.5 Å². The summed E-state index contributed by atoms with van der Waals surface area (Å²) in [7, 11) is 0. The molecule has 1 atom stereocenters. The van der Waals surface area contributed by atoms with E-state index < -0.39 is 6.04 Å². The minimum Gasteiger partial charge on any atom is -0.344 e. The molecule has 2 aromatic rings. The lowest BCUT2D eigenvalue weighted by Crippen LogP contribution is -2.37. The monoisotopic (exact) mass is 259 g/mol. The van der Waals surface area contributed by atoms with Crippen molar-refractivity contribution in [2.75, 3.05) is 5.32 Å². The molecule has 1 unspecified atom stereocenters. The molecule has 0 aliphatic carbocycles. The Bertz CT molecular complexity index is 663. The fraction of sp³-hybridized carbons (Fsp3) is 0.333. The summed E-state index contributed by atoms with van der Waals surface area (Å²) in [5, 5.41) is 9.38. The van der Waals surface area contributed by atoms with Crippen LogP contribution in [0.3, 0.4) is 0 Å². The first kappa shape index (κ1) is 11.6. The van der Waals surface area contributed by atoms with E-state index in [1.54, 1.807) is 4.52 Å². The molecule has 2 N–H and O–H groups in total. The van der Waals surface area contributed by atoms with E-state index in [0.717, 1.165) is 5.56 Å². The molecular formula is C12H13N5O2.